The number of anilines is 12. The summed E-state index contributed by atoms with van der Waals surface area (Å²) in [4.78, 5) is 6.10. The van der Waals surface area contributed by atoms with Crippen LogP contribution in [0.15, 0.2) is 460 Å². The van der Waals surface area contributed by atoms with Crippen molar-refractivity contribution in [1.29, 1.82) is 0 Å². The molecule has 0 heterocycles. The van der Waals surface area contributed by atoms with Crippen LogP contribution in [0.25, 0.3) is 142 Å². The molecule has 0 bridgehead atoms. The molecule has 8 heteroatoms. The third-order valence-electron chi connectivity index (χ3n) is 23.2. The molecule has 23 aromatic carbocycles. The van der Waals surface area contributed by atoms with Crippen LogP contribution in [0.3, 0.4) is 0 Å². The summed E-state index contributed by atoms with van der Waals surface area (Å²) in [5.74, 6) is -0.994. The summed E-state index contributed by atoms with van der Waals surface area (Å²) < 4.78 is 369. The largest absolute Gasteiger partial charge is 0.418 e. The van der Waals surface area contributed by atoms with E-state index in [4.69, 9.17) is 42.5 Å². The van der Waals surface area contributed by atoms with Crippen molar-refractivity contribution in [3.05, 3.63) is 483 Å². The Balaban J connectivity index is 0.000000182. The lowest BCUT2D eigenvalue weighted by Crippen LogP contribution is -2.17. The molecule has 0 aliphatic carbocycles. The summed E-state index contributed by atoms with van der Waals surface area (Å²) >= 11 is 0. The van der Waals surface area contributed by atoms with Crippen LogP contribution in [0.4, 0.5) is 85.8 Å². The SMILES string of the molecule is [2H]c1c([2H])c([2H])c(-c2ccc(N(c3c([2H])c([2H])c([2H])c([2H])c3[2H])c3ccc4ccc5c(N(c6ccc(-c7c([2H])c([2H])c([2H])c([2H])c7[2H])cc6C(F)(F)F)c6c([2H])c([2H])c([2H])c([2H])c6[2H])ccc6ccc3c4c65)c(C)c2)c([2H])c1[2H].[2H]c1c([2H])c([2H])c(-c2ccc(N(c3ccc4ccccc4c3)c3ccc4ccc5c(N(c6ccc7ccccc7c6)c6c(F)cc(-c7c([2H])c([2H])c([2H])c([2H])c7[2H])cc6-c6c([2H])c([2H])c([2H])c([2H])c6[2H])ccc6ccc3c4c65)c(C)c2)c([2H])c1[2H]. The highest BCUT2D eigenvalue weighted by atomic mass is 19.4. The van der Waals surface area contributed by atoms with Gasteiger partial charge >= 0.3 is 6.18 Å². The minimum Gasteiger partial charge on any atom is -0.310 e. The molecule has 0 amide bonds. The van der Waals surface area contributed by atoms with E-state index in [0.717, 1.165) is 94.2 Å². The normalized spacial score (nSPS) is 15.4. The summed E-state index contributed by atoms with van der Waals surface area (Å²) in [5, 5.41) is 10.8. The fraction of sp³-hybridized carbons (Fsp3) is 0.0248. The number of rotatable bonds is 17. The van der Waals surface area contributed by atoms with Crippen molar-refractivity contribution in [2.45, 2.75) is 20.0 Å². The summed E-state index contributed by atoms with van der Waals surface area (Å²) in [6, 6.07) is 48.2. The van der Waals surface area contributed by atoms with Crippen molar-refractivity contribution < 1.29 is 65.5 Å². The second-order valence-electron chi connectivity index (χ2n) is 30.6. The minimum absolute atomic E-state index is 0.0828. The van der Waals surface area contributed by atoms with Crippen LogP contribution < -0.4 is 19.6 Å². The third-order valence-corrected chi connectivity index (χ3v) is 23.2. The van der Waals surface area contributed by atoms with E-state index in [1.165, 1.54) is 35.2 Å². The molecule has 23 aromatic rings. The van der Waals surface area contributed by atoms with Gasteiger partial charge in [0.15, 0.2) is 0 Å². The maximum absolute atomic E-state index is 18.5. The summed E-state index contributed by atoms with van der Waals surface area (Å²) in [7, 11) is 0. The third kappa shape index (κ3) is 14.4. The number of hydrogen-bond donors (Lipinski definition) is 0. The number of halogens is 4. The van der Waals surface area contributed by atoms with Crippen LogP contribution in [0.5, 0.6) is 0 Å². The molecule has 4 nitrogen and oxygen atoms in total. The topological polar surface area (TPSA) is 13.0 Å². The highest BCUT2D eigenvalue weighted by Crippen LogP contribution is 2.55. The molecule has 0 aliphatic heterocycles. The lowest BCUT2D eigenvalue weighted by Gasteiger charge is -2.31. The predicted molar refractivity (Wildman–Crippen MR) is 536 cm³/mol. The molecule has 0 unspecified atom stereocenters. The van der Waals surface area contributed by atoms with Gasteiger partial charge in [0.2, 0.25) is 0 Å². The van der Waals surface area contributed by atoms with Crippen molar-refractivity contribution in [2.75, 3.05) is 19.6 Å². The standard InChI is InChI=1S/C67H45FN2.C54H37F3N2/c1-44-39-54(45-15-5-2-6-16-45)31-36-62(44)69(56-32-25-47-19-11-13-23-52(47)40-56)63-37-29-50-28-35-59-64(38-30-51-27-34-58(63)65(50)66(51)59)70(57-33-26-48-20-12-14-24-53(48)41-57)67-60(49-21-9-4-10-22-49)42-55(43-61(67)68)46-17-7-3-8-18-46;1-36-34-41(37-14-6-2-7-15-37)26-30-48(36)58(43-18-10-4-11-19-43)49-31-24-39-23-29-46-50(32-25-40-22-28-45(49)52(39)53(40)46)59(44-20-12-5-13-21-44)51-33-27-42(35-47(51)54(55,56)57)38-16-8-3-9-17-38/h2-43H,1H3;2-35H,1H3/i2D,3D,4D,5D,6D,7D,8D,9D,10D,15D,16D,17D,18D,21D,22D;2D,3D,4D,5D,6D,7D,8D,9D,10D,11D,12D,13D,14D,15D,16D,17D,18D,19D,20D,21D. The molecule has 0 aromatic heterocycles. The maximum atomic E-state index is 18.5. The monoisotopic (exact) mass is 1700 g/mol. The highest BCUT2D eigenvalue weighted by Gasteiger charge is 2.37. The van der Waals surface area contributed by atoms with Crippen molar-refractivity contribution in [3.8, 4) is 55.6 Å². The molecule has 0 fully saturated rings. The van der Waals surface area contributed by atoms with E-state index < -0.39 is 239 Å². The molecule has 0 aliphatic rings. The van der Waals surface area contributed by atoms with Crippen LogP contribution in [-0.4, -0.2) is 0 Å². The van der Waals surface area contributed by atoms with E-state index in [-0.39, 0.29) is 84.9 Å². The molecule has 0 saturated carbocycles. The van der Waals surface area contributed by atoms with Gasteiger partial charge in [0.1, 0.15) is 5.82 Å². The van der Waals surface area contributed by atoms with Crippen LogP contribution in [0.2, 0.25) is 0 Å². The Bertz CT molecular complexity index is 10300. The van der Waals surface area contributed by atoms with E-state index in [9.17, 15) is 5.48 Å². The Hall–Kier alpha value is -16.4. The number of fused-ring (bicyclic) bond motifs is 2. The van der Waals surface area contributed by atoms with Crippen molar-refractivity contribution >= 4 is 154 Å². The molecule has 23 rings (SSSR count). The first-order valence-corrected chi connectivity index (χ1v) is 40.7. The number of aryl methyl sites for hydroxylation is 2. The second kappa shape index (κ2) is 32.9. The number of nitrogens with zero attached hydrogens (tertiary/aromatic N) is 4. The van der Waals surface area contributed by atoms with Crippen molar-refractivity contribution in [3.63, 3.8) is 0 Å². The summed E-state index contributed by atoms with van der Waals surface area (Å²) in [5.41, 5.74) is -0.388. The van der Waals surface area contributed by atoms with Gasteiger partial charge in [-0.3, -0.25) is 0 Å². The van der Waals surface area contributed by atoms with Crippen LogP contribution in [-0.2, 0) is 6.18 Å². The summed E-state index contributed by atoms with van der Waals surface area (Å²) in [6.07, 6.45) is -5.30. The lowest BCUT2D eigenvalue weighted by atomic mass is 9.91. The Morgan fingerprint density at radius 3 is 0.899 bits per heavy atom. The molecular weight excluding hydrogens is 1590 g/mol. The van der Waals surface area contributed by atoms with Gasteiger partial charge in [0, 0.05) is 61.2 Å². The first kappa shape index (κ1) is 49.3. The first-order chi connectivity index (χ1) is 77.9. The Morgan fingerprint density at radius 2 is 0.519 bits per heavy atom. The van der Waals surface area contributed by atoms with Crippen LogP contribution in [0.1, 0.15) is 64.7 Å². The molecule has 0 radical (unpaired) electrons. The molecular formula is C121H82F4N4. The molecule has 0 spiro atoms. The van der Waals surface area contributed by atoms with Gasteiger partial charge in [-0.05, 0) is 261 Å². The van der Waals surface area contributed by atoms with E-state index in [2.05, 4.69) is 17.0 Å². The first-order valence-electron chi connectivity index (χ1n) is 58.2. The Kier molecular flexibility index (Phi) is 12.6. The lowest BCUT2D eigenvalue weighted by molar-refractivity contribution is -0.137. The maximum Gasteiger partial charge on any atom is 0.418 e. The Morgan fingerprint density at radius 1 is 0.225 bits per heavy atom. The van der Waals surface area contributed by atoms with E-state index in [0.29, 0.717) is 60.9 Å². The molecule has 614 valence electrons. The quantitative estimate of drug-likeness (QED) is 0.0665. The smallest absolute Gasteiger partial charge is 0.310 e. The van der Waals surface area contributed by atoms with Gasteiger partial charge in [0.25, 0.3) is 0 Å². The molecule has 129 heavy (non-hydrogen) atoms. The van der Waals surface area contributed by atoms with E-state index in [1.807, 2.05) is 134 Å². The van der Waals surface area contributed by atoms with Gasteiger partial charge in [-0.25, -0.2) is 4.39 Å². The number of hydrogen-bond acceptors (Lipinski definition) is 4. The highest BCUT2D eigenvalue weighted by molar-refractivity contribution is 6.30. The number of para-hydroxylation sites is 2. The average Bonchev–Trinajstić information content (AvgIpc) is 0.710. The van der Waals surface area contributed by atoms with Gasteiger partial charge in [0.05, 0.1) is 87.7 Å². The minimum atomic E-state index is -5.30. The number of benzene rings is 23. The van der Waals surface area contributed by atoms with Gasteiger partial charge in [-0.1, -0.05) is 339 Å². The van der Waals surface area contributed by atoms with E-state index in [1.54, 1.807) is 66.4 Å². The van der Waals surface area contributed by atoms with Crippen molar-refractivity contribution in [1.82, 2.24) is 0 Å². The van der Waals surface area contributed by atoms with Gasteiger partial charge < -0.3 is 19.6 Å². The fourth-order valence-corrected chi connectivity index (χ4v) is 17.6. The average molecular weight is 1700 g/mol. The van der Waals surface area contributed by atoms with Gasteiger partial charge in [-0.2, -0.15) is 13.2 Å². The second-order valence-corrected chi connectivity index (χ2v) is 30.6. The van der Waals surface area contributed by atoms with Crippen LogP contribution in [0, 0.1) is 19.7 Å². The van der Waals surface area contributed by atoms with Crippen LogP contribution >= 0.6 is 0 Å². The zero-order chi connectivity index (χ0) is 117. The predicted octanol–water partition coefficient (Wildman–Crippen LogP) is 35.5. The number of alkyl halides is 3. The molecule has 0 atom stereocenters. The van der Waals surface area contributed by atoms with E-state index >= 15 is 17.6 Å². The molecule has 0 saturated heterocycles. The Labute approximate surface area is 795 Å². The van der Waals surface area contributed by atoms with Crippen molar-refractivity contribution in [2.24, 2.45) is 0 Å². The molecule has 0 N–H and O–H groups in total. The fourth-order valence-electron chi connectivity index (χ4n) is 17.6. The van der Waals surface area contributed by atoms with Gasteiger partial charge in [-0.15, -0.1) is 0 Å². The zero-order valence-corrected chi connectivity index (χ0v) is 68.0. The summed E-state index contributed by atoms with van der Waals surface area (Å²) in [6.45, 7) is 3.54. The zero-order valence-electron chi connectivity index (χ0n) is 103.